The zero-order valence-electron chi connectivity index (χ0n) is 11.7. The van der Waals surface area contributed by atoms with E-state index in [-0.39, 0.29) is 5.91 Å². The second-order valence-electron chi connectivity index (χ2n) is 5.08. The van der Waals surface area contributed by atoms with Crippen molar-refractivity contribution < 1.29 is 4.79 Å². The third-order valence-electron chi connectivity index (χ3n) is 3.61. The van der Waals surface area contributed by atoms with Gasteiger partial charge in [0.2, 0.25) is 5.91 Å². The van der Waals surface area contributed by atoms with E-state index >= 15 is 0 Å². The number of H-pyrrole nitrogens is 1. The van der Waals surface area contributed by atoms with Crippen LogP contribution in [0.3, 0.4) is 0 Å². The fourth-order valence-electron chi connectivity index (χ4n) is 2.48. The summed E-state index contributed by atoms with van der Waals surface area (Å²) in [6.45, 7) is 2.98. The molecule has 0 bridgehead atoms. The van der Waals surface area contributed by atoms with Crippen LogP contribution in [0, 0.1) is 0 Å². The van der Waals surface area contributed by atoms with Crippen LogP contribution in [0.1, 0.15) is 51.1 Å². The molecular formula is C15H23N3O. The third kappa shape index (κ3) is 3.94. The molecule has 0 spiro atoms. The largest absolute Gasteiger partial charge is 0.348 e. The Morgan fingerprint density at radius 1 is 1.32 bits per heavy atom. The number of aromatic amines is 1. The van der Waals surface area contributed by atoms with E-state index in [1.54, 1.807) is 6.33 Å². The molecule has 0 unspecified atom stereocenters. The number of allylic oxidation sites excluding steroid dienone is 1. The number of nitrogens with zero attached hydrogens (tertiary/aromatic N) is 2. The van der Waals surface area contributed by atoms with Gasteiger partial charge in [0.25, 0.3) is 0 Å². The van der Waals surface area contributed by atoms with Gasteiger partial charge < -0.3 is 9.88 Å². The van der Waals surface area contributed by atoms with Crippen molar-refractivity contribution in [2.75, 3.05) is 6.54 Å². The van der Waals surface area contributed by atoms with Crippen LogP contribution in [0.5, 0.6) is 0 Å². The van der Waals surface area contributed by atoms with Gasteiger partial charge in [0.15, 0.2) is 0 Å². The summed E-state index contributed by atoms with van der Waals surface area (Å²) in [5.41, 5.74) is 2.31. The fourth-order valence-corrected chi connectivity index (χ4v) is 2.48. The number of amides is 1. The number of unbranched alkanes of at least 4 members (excludes halogenated alkanes) is 3. The smallest absolute Gasteiger partial charge is 0.230 e. The monoisotopic (exact) mass is 261 g/mol. The Morgan fingerprint density at radius 3 is 2.95 bits per heavy atom. The lowest BCUT2D eigenvalue weighted by atomic mass is 10.1. The second-order valence-corrected chi connectivity index (χ2v) is 5.08. The van der Waals surface area contributed by atoms with Crippen LogP contribution in [0.2, 0.25) is 0 Å². The molecule has 0 saturated carbocycles. The summed E-state index contributed by atoms with van der Waals surface area (Å²) in [4.78, 5) is 20.9. The van der Waals surface area contributed by atoms with Crippen molar-refractivity contribution in [2.45, 2.75) is 51.9 Å². The van der Waals surface area contributed by atoms with E-state index in [1.807, 2.05) is 11.1 Å². The van der Waals surface area contributed by atoms with Crippen LogP contribution in [0.15, 0.2) is 24.3 Å². The predicted molar refractivity (Wildman–Crippen MR) is 75.5 cm³/mol. The van der Waals surface area contributed by atoms with Gasteiger partial charge in [0, 0.05) is 37.0 Å². The maximum Gasteiger partial charge on any atom is 0.230 e. The lowest BCUT2D eigenvalue weighted by Crippen LogP contribution is -2.27. The summed E-state index contributed by atoms with van der Waals surface area (Å²) in [6, 6.07) is 0. The highest BCUT2D eigenvalue weighted by molar-refractivity contribution is 5.82. The minimum absolute atomic E-state index is 0.241. The van der Waals surface area contributed by atoms with Crippen molar-refractivity contribution in [3.8, 4) is 0 Å². The highest BCUT2D eigenvalue weighted by Crippen LogP contribution is 2.22. The Balaban J connectivity index is 1.79. The predicted octanol–water partition coefficient (Wildman–Crippen LogP) is 3.04. The van der Waals surface area contributed by atoms with Crippen LogP contribution in [-0.4, -0.2) is 27.3 Å². The van der Waals surface area contributed by atoms with Crippen LogP contribution < -0.4 is 0 Å². The maximum atomic E-state index is 11.9. The summed E-state index contributed by atoms with van der Waals surface area (Å²) >= 11 is 0. The summed E-state index contributed by atoms with van der Waals surface area (Å²) < 4.78 is 0. The van der Waals surface area contributed by atoms with E-state index in [1.165, 1.54) is 31.4 Å². The molecule has 2 heterocycles. The van der Waals surface area contributed by atoms with Gasteiger partial charge in [-0.25, -0.2) is 4.98 Å². The minimum atomic E-state index is 0.241. The molecule has 1 amide bonds. The third-order valence-corrected chi connectivity index (χ3v) is 3.61. The normalized spacial score (nSPS) is 15.1. The molecule has 1 aliphatic heterocycles. The molecule has 104 valence electrons. The molecule has 0 aromatic carbocycles. The molecule has 1 aromatic heterocycles. The first-order valence-electron chi connectivity index (χ1n) is 7.28. The topological polar surface area (TPSA) is 49.0 Å². The molecule has 0 radical (unpaired) electrons. The first kappa shape index (κ1) is 13.8. The number of hydrogen-bond donors (Lipinski definition) is 1. The molecule has 1 aromatic rings. The highest BCUT2D eigenvalue weighted by atomic mass is 16.2. The van der Waals surface area contributed by atoms with Crippen LogP contribution in [0.4, 0.5) is 0 Å². The Kier molecular flexibility index (Phi) is 5.19. The Hall–Kier alpha value is -1.58. The van der Waals surface area contributed by atoms with Crippen LogP contribution in [0.25, 0.3) is 0 Å². The first-order valence-corrected chi connectivity index (χ1v) is 7.28. The Morgan fingerprint density at radius 2 is 2.21 bits per heavy atom. The van der Waals surface area contributed by atoms with E-state index in [9.17, 15) is 4.79 Å². The van der Waals surface area contributed by atoms with Gasteiger partial charge in [-0.2, -0.15) is 0 Å². The Labute approximate surface area is 114 Å². The molecule has 0 aliphatic carbocycles. The number of carbonyl (C=O) groups is 1. The van der Waals surface area contributed by atoms with Crippen molar-refractivity contribution in [3.05, 3.63) is 30.0 Å². The fraction of sp³-hybridized carbons (Fsp3) is 0.600. The van der Waals surface area contributed by atoms with E-state index in [0.29, 0.717) is 6.42 Å². The molecule has 1 aliphatic rings. The molecule has 4 heteroatoms. The SMILES string of the molecule is CCCCCCC1=CCC(=O)N1CCc1cnc[nH]1. The Bertz CT molecular complexity index is 423. The highest BCUT2D eigenvalue weighted by Gasteiger charge is 2.22. The molecule has 1 N–H and O–H groups in total. The maximum absolute atomic E-state index is 11.9. The van der Waals surface area contributed by atoms with Crippen molar-refractivity contribution in [1.82, 2.24) is 14.9 Å². The first-order chi connectivity index (χ1) is 9.31. The van der Waals surface area contributed by atoms with Gasteiger partial charge in [-0.3, -0.25) is 4.79 Å². The number of carbonyl (C=O) groups excluding carboxylic acids is 1. The van der Waals surface area contributed by atoms with Gasteiger partial charge in [-0.1, -0.05) is 32.3 Å². The van der Waals surface area contributed by atoms with Crippen molar-refractivity contribution in [3.63, 3.8) is 0 Å². The number of imidazole rings is 1. The molecule has 0 atom stereocenters. The second kappa shape index (κ2) is 7.12. The van der Waals surface area contributed by atoms with Gasteiger partial charge in [-0.05, 0) is 12.8 Å². The van der Waals surface area contributed by atoms with Crippen LogP contribution in [-0.2, 0) is 11.2 Å². The summed E-state index contributed by atoms with van der Waals surface area (Å²) in [5, 5.41) is 0. The quantitative estimate of drug-likeness (QED) is 0.731. The van der Waals surface area contributed by atoms with E-state index < -0.39 is 0 Å². The number of aromatic nitrogens is 2. The lowest BCUT2D eigenvalue weighted by molar-refractivity contribution is -0.127. The van der Waals surface area contributed by atoms with Crippen molar-refractivity contribution >= 4 is 5.91 Å². The minimum Gasteiger partial charge on any atom is -0.348 e. The standard InChI is InChI=1S/C15H23N3O/c1-2-3-4-5-6-14-7-8-15(19)18(14)10-9-13-11-16-12-17-13/h7,11-12H,2-6,8-10H2,1H3,(H,16,17). The molecular weight excluding hydrogens is 238 g/mol. The van der Waals surface area contributed by atoms with E-state index in [4.69, 9.17) is 0 Å². The molecule has 4 nitrogen and oxygen atoms in total. The average molecular weight is 261 g/mol. The summed E-state index contributed by atoms with van der Waals surface area (Å²) in [5.74, 6) is 0.241. The average Bonchev–Trinajstić information content (AvgIpc) is 3.03. The molecule has 0 saturated heterocycles. The van der Waals surface area contributed by atoms with Gasteiger partial charge in [0.1, 0.15) is 0 Å². The van der Waals surface area contributed by atoms with Gasteiger partial charge in [-0.15, -0.1) is 0 Å². The molecule has 2 rings (SSSR count). The van der Waals surface area contributed by atoms with Crippen LogP contribution >= 0.6 is 0 Å². The van der Waals surface area contributed by atoms with E-state index in [0.717, 1.165) is 25.1 Å². The summed E-state index contributed by atoms with van der Waals surface area (Å²) in [7, 11) is 0. The molecule has 0 fully saturated rings. The number of rotatable bonds is 8. The lowest BCUT2D eigenvalue weighted by Gasteiger charge is -2.20. The number of nitrogens with one attached hydrogen (secondary N) is 1. The summed E-state index contributed by atoms with van der Waals surface area (Å²) in [6.07, 6.45) is 13.1. The zero-order chi connectivity index (χ0) is 13.5. The molecule has 19 heavy (non-hydrogen) atoms. The van der Waals surface area contributed by atoms with Gasteiger partial charge in [0.05, 0.1) is 6.33 Å². The van der Waals surface area contributed by atoms with Crippen molar-refractivity contribution in [1.29, 1.82) is 0 Å². The number of hydrogen-bond acceptors (Lipinski definition) is 2. The van der Waals surface area contributed by atoms with Crippen molar-refractivity contribution in [2.24, 2.45) is 0 Å². The zero-order valence-corrected chi connectivity index (χ0v) is 11.7. The van der Waals surface area contributed by atoms with Gasteiger partial charge >= 0.3 is 0 Å². The van der Waals surface area contributed by atoms with E-state index in [2.05, 4.69) is 23.0 Å².